The van der Waals surface area contributed by atoms with Crippen LogP contribution in [0, 0.1) is 5.92 Å². The van der Waals surface area contributed by atoms with Crippen LogP contribution in [0.4, 0.5) is 0 Å². The lowest BCUT2D eigenvalue weighted by Crippen LogP contribution is -2.32. The summed E-state index contributed by atoms with van der Waals surface area (Å²) in [5.41, 5.74) is 0.343. The summed E-state index contributed by atoms with van der Waals surface area (Å²) in [6, 6.07) is 9.43. The van der Waals surface area contributed by atoms with E-state index in [1.165, 1.54) is 12.2 Å². The van der Waals surface area contributed by atoms with Gasteiger partial charge in [-0.15, -0.1) is 0 Å². The van der Waals surface area contributed by atoms with Gasteiger partial charge in [0.1, 0.15) is 5.60 Å². The highest BCUT2D eigenvalue weighted by molar-refractivity contribution is 5.82. The van der Waals surface area contributed by atoms with E-state index in [9.17, 15) is 14.7 Å². The van der Waals surface area contributed by atoms with E-state index in [0.29, 0.717) is 6.42 Å². The van der Waals surface area contributed by atoms with Crippen LogP contribution in [0.5, 0.6) is 0 Å². The van der Waals surface area contributed by atoms with Crippen LogP contribution < -0.4 is 0 Å². The monoisotopic (exact) mass is 334 g/mol. The zero-order valence-electron chi connectivity index (χ0n) is 14.7. The molecule has 1 rings (SSSR count). The second kappa shape index (κ2) is 9.23. The van der Waals surface area contributed by atoms with Gasteiger partial charge in [0.2, 0.25) is 0 Å². The lowest BCUT2D eigenvalue weighted by molar-refractivity contribution is -0.155. The number of hydrogen-bond donors (Lipinski definition) is 1. The molecule has 0 saturated carbocycles. The van der Waals surface area contributed by atoms with Crippen molar-refractivity contribution in [3.8, 4) is 0 Å². The molecule has 2 atom stereocenters. The van der Waals surface area contributed by atoms with E-state index in [0.717, 1.165) is 5.56 Å². The zero-order valence-corrected chi connectivity index (χ0v) is 14.7. The van der Waals surface area contributed by atoms with Crippen LogP contribution in [-0.2, 0) is 25.5 Å². The van der Waals surface area contributed by atoms with E-state index in [1.807, 2.05) is 30.3 Å². The minimum absolute atomic E-state index is 0.184. The Kier molecular flexibility index (Phi) is 7.65. The molecule has 0 heterocycles. The van der Waals surface area contributed by atoms with Gasteiger partial charge in [0.15, 0.2) is 6.10 Å². The molecule has 132 valence electrons. The van der Waals surface area contributed by atoms with E-state index in [1.54, 1.807) is 27.7 Å². The van der Waals surface area contributed by atoms with Gasteiger partial charge in [0, 0.05) is 12.0 Å². The fourth-order valence-corrected chi connectivity index (χ4v) is 2.11. The van der Waals surface area contributed by atoms with Crippen LogP contribution in [-0.4, -0.2) is 35.4 Å². The zero-order chi connectivity index (χ0) is 18.2. The molecule has 0 unspecified atom stereocenters. The molecule has 1 N–H and O–H groups in total. The maximum atomic E-state index is 11.8. The molecule has 0 aliphatic heterocycles. The molecule has 1 aromatic rings. The summed E-state index contributed by atoms with van der Waals surface area (Å²) >= 11 is 0. The van der Waals surface area contributed by atoms with Crippen molar-refractivity contribution in [2.45, 2.75) is 45.8 Å². The molecule has 0 amide bonds. The van der Waals surface area contributed by atoms with Gasteiger partial charge >= 0.3 is 11.9 Å². The fraction of sp³-hybridized carbons (Fsp3) is 0.474. The quantitative estimate of drug-likeness (QED) is 0.613. The number of esters is 2. The smallest absolute Gasteiger partial charge is 0.335 e. The van der Waals surface area contributed by atoms with Crippen LogP contribution in [0.25, 0.3) is 0 Å². The van der Waals surface area contributed by atoms with Crippen molar-refractivity contribution in [1.29, 1.82) is 0 Å². The summed E-state index contributed by atoms with van der Waals surface area (Å²) in [5.74, 6) is -1.80. The first-order chi connectivity index (χ1) is 11.2. The highest BCUT2D eigenvalue weighted by atomic mass is 16.6. The number of rotatable bonds is 7. The molecule has 0 aromatic heterocycles. The number of hydrogen-bond acceptors (Lipinski definition) is 5. The van der Waals surface area contributed by atoms with E-state index in [2.05, 4.69) is 0 Å². The summed E-state index contributed by atoms with van der Waals surface area (Å²) < 4.78 is 10.1. The Balaban J connectivity index is 2.88. The number of aliphatic hydroxyl groups excluding tert-OH is 1. The first-order valence-electron chi connectivity index (χ1n) is 8.02. The van der Waals surface area contributed by atoms with Gasteiger partial charge in [-0.05, 0) is 39.7 Å². The minimum atomic E-state index is -1.34. The van der Waals surface area contributed by atoms with Crippen molar-refractivity contribution >= 4 is 11.9 Å². The molecular weight excluding hydrogens is 308 g/mol. The largest absolute Gasteiger partial charge is 0.464 e. The second-order valence-corrected chi connectivity index (χ2v) is 6.44. The van der Waals surface area contributed by atoms with Crippen molar-refractivity contribution in [2.24, 2.45) is 5.92 Å². The maximum Gasteiger partial charge on any atom is 0.335 e. The molecule has 1 aromatic carbocycles. The Labute approximate surface area is 143 Å². The number of ether oxygens (including phenoxy) is 2. The topological polar surface area (TPSA) is 72.8 Å². The first-order valence-corrected chi connectivity index (χ1v) is 8.02. The Morgan fingerprint density at radius 1 is 1.21 bits per heavy atom. The van der Waals surface area contributed by atoms with Crippen LogP contribution in [0.15, 0.2) is 42.5 Å². The van der Waals surface area contributed by atoms with Gasteiger partial charge in [-0.3, -0.25) is 0 Å². The predicted molar refractivity (Wildman–Crippen MR) is 91.3 cm³/mol. The normalized spacial score (nSPS) is 14.2. The number of aliphatic hydroxyl groups is 1. The molecule has 0 aliphatic carbocycles. The van der Waals surface area contributed by atoms with Crippen molar-refractivity contribution in [3.63, 3.8) is 0 Å². The standard InChI is InChI=1S/C19H26O5/c1-5-23-18(22)17(21)15(13-14-9-7-6-8-10-14)11-12-16(20)24-19(2,3)4/h6-12,15,17,21H,5,13H2,1-4H3/b12-11+/t15-,17-/m1/s1. The molecule has 0 radical (unpaired) electrons. The predicted octanol–water partition coefficient (Wildman–Crippen LogP) is 2.67. The average molecular weight is 334 g/mol. The third-order valence-corrected chi connectivity index (χ3v) is 3.13. The van der Waals surface area contributed by atoms with E-state index >= 15 is 0 Å². The van der Waals surface area contributed by atoms with Crippen LogP contribution in [0.1, 0.15) is 33.3 Å². The number of carbonyl (C=O) groups is 2. The summed E-state index contributed by atoms with van der Waals surface area (Å²) in [6.07, 6.45) is 1.81. The highest BCUT2D eigenvalue weighted by Gasteiger charge is 2.26. The van der Waals surface area contributed by atoms with Gasteiger partial charge in [-0.25, -0.2) is 9.59 Å². The molecule has 0 saturated heterocycles. The van der Waals surface area contributed by atoms with Crippen molar-refractivity contribution in [2.75, 3.05) is 6.61 Å². The summed E-state index contributed by atoms with van der Waals surface area (Å²) in [4.78, 5) is 23.7. The SMILES string of the molecule is CCOC(=O)[C@H](O)[C@H](/C=C/C(=O)OC(C)(C)C)Cc1ccccc1. The molecule has 24 heavy (non-hydrogen) atoms. The third-order valence-electron chi connectivity index (χ3n) is 3.13. The molecule has 0 fully saturated rings. The molecule has 0 bridgehead atoms. The Morgan fingerprint density at radius 2 is 1.83 bits per heavy atom. The second-order valence-electron chi connectivity index (χ2n) is 6.44. The number of benzene rings is 1. The lowest BCUT2D eigenvalue weighted by atomic mass is 9.93. The van der Waals surface area contributed by atoms with E-state index in [4.69, 9.17) is 9.47 Å². The first kappa shape index (κ1) is 19.9. The van der Waals surface area contributed by atoms with Crippen LogP contribution in [0.3, 0.4) is 0 Å². The van der Waals surface area contributed by atoms with Gasteiger partial charge in [0.25, 0.3) is 0 Å². The van der Waals surface area contributed by atoms with E-state index in [-0.39, 0.29) is 6.61 Å². The number of carbonyl (C=O) groups excluding carboxylic acids is 2. The molecular formula is C19H26O5. The lowest BCUT2D eigenvalue weighted by Gasteiger charge is -2.20. The third kappa shape index (κ3) is 7.42. The van der Waals surface area contributed by atoms with Gasteiger partial charge in [0.05, 0.1) is 6.61 Å². The minimum Gasteiger partial charge on any atom is -0.464 e. The molecule has 5 nitrogen and oxygen atoms in total. The van der Waals surface area contributed by atoms with E-state index < -0.39 is 29.6 Å². The van der Waals surface area contributed by atoms with Crippen LogP contribution >= 0.6 is 0 Å². The summed E-state index contributed by atoms with van der Waals surface area (Å²) in [5, 5.41) is 10.2. The van der Waals surface area contributed by atoms with Crippen molar-refractivity contribution in [3.05, 3.63) is 48.0 Å². The molecule has 5 heteroatoms. The van der Waals surface area contributed by atoms with Crippen molar-refractivity contribution < 1.29 is 24.2 Å². The Hall–Kier alpha value is -2.14. The summed E-state index contributed by atoms with van der Waals surface area (Å²) in [6.45, 7) is 7.17. The molecule has 0 spiro atoms. The summed E-state index contributed by atoms with van der Waals surface area (Å²) in [7, 11) is 0. The molecule has 0 aliphatic rings. The average Bonchev–Trinajstić information content (AvgIpc) is 2.50. The van der Waals surface area contributed by atoms with Gasteiger partial charge in [-0.1, -0.05) is 36.4 Å². The Morgan fingerprint density at radius 3 is 2.38 bits per heavy atom. The van der Waals surface area contributed by atoms with Gasteiger partial charge < -0.3 is 14.6 Å². The van der Waals surface area contributed by atoms with Gasteiger partial charge in [-0.2, -0.15) is 0 Å². The van der Waals surface area contributed by atoms with Crippen LogP contribution in [0.2, 0.25) is 0 Å². The van der Waals surface area contributed by atoms with Crippen molar-refractivity contribution in [1.82, 2.24) is 0 Å². The highest BCUT2D eigenvalue weighted by Crippen LogP contribution is 2.16. The fourth-order valence-electron chi connectivity index (χ4n) is 2.11. The Bertz CT molecular complexity index is 557. The maximum absolute atomic E-state index is 11.8.